The zero-order valence-electron chi connectivity index (χ0n) is 17.5. The zero-order chi connectivity index (χ0) is 21.3. The summed E-state index contributed by atoms with van der Waals surface area (Å²) in [5.74, 6) is 6.79. The first-order valence-corrected chi connectivity index (χ1v) is 10.9. The molecule has 0 aromatic heterocycles. The molecule has 0 saturated heterocycles. The molecule has 0 heteroatoms. The van der Waals surface area contributed by atoms with Crippen molar-refractivity contribution in [2.75, 3.05) is 0 Å². The molecule has 0 fully saturated rings. The first-order chi connectivity index (χ1) is 15.9. The van der Waals surface area contributed by atoms with Gasteiger partial charge in [0.2, 0.25) is 0 Å². The van der Waals surface area contributed by atoms with Crippen LogP contribution in [0.3, 0.4) is 0 Å². The van der Waals surface area contributed by atoms with Gasteiger partial charge in [0.1, 0.15) is 0 Å². The van der Waals surface area contributed by atoms with Crippen LogP contribution in [0.5, 0.6) is 0 Å². The smallest absolute Gasteiger partial charge is 0.0405 e. The third-order valence-electron chi connectivity index (χ3n) is 6.11. The molecule has 0 aliphatic carbocycles. The minimum absolute atomic E-state index is 1.09. The molecule has 0 amide bonds. The molecule has 0 aliphatic heterocycles. The molecule has 148 valence electrons. The van der Waals surface area contributed by atoms with Gasteiger partial charge >= 0.3 is 0 Å². The second-order valence-electron chi connectivity index (χ2n) is 8.03. The topological polar surface area (TPSA) is 0 Å². The fourth-order valence-electron chi connectivity index (χ4n) is 4.62. The lowest BCUT2D eigenvalue weighted by Crippen LogP contribution is -1.84. The van der Waals surface area contributed by atoms with Crippen LogP contribution in [0.4, 0.5) is 0 Å². The van der Waals surface area contributed by atoms with Crippen molar-refractivity contribution in [2.24, 2.45) is 0 Å². The molecule has 6 rings (SSSR count). The van der Waals surface area contributed by atoms with E-state index in [4.69, 9.17) is 0 Å². The maximum atomic E-state index is 3.46. The van der Waals surface area contributed by atoms with Crippen molar-refractivity contribution in [2.45, 2.75) is 0 Å². The second kappa shape index (κ2) is 7.73. The SMILES string of the molecule is C(#Cc1c2ccccc2cc2ccccc12)/C=C\c1c2ccccc2cc2ccccc12. The second-order valence-corrected chi connectivity index (χ2v) is 8.03. The van der Waals surface area contributed by atoms with Crippen molar-refractivity contribution in [3.05, 3.63) is 126 Å². The molecule has 0 radical (unpaired) electrons. The van der Waals surface area contributed by atoms with E-state index in [0.717, 1.165) is 5.56 Å². The summed E-state index contributed by atoms with van der Waals surface area (Å²) in [5.41, 5.74) is 2.31. The van der Waals surface area contributed by atoms with Crippen molar-refractivity contribution in [1.82, 2.24) is 0 Å². The number of benzene rings is 6. The van der Waals surface area contributed by atoms with Crippen LogP contribution in [0.1, 0.15) is 11.1 Å². The van der Waals surface area contributed by atoms with Gasteiger partial charge in [0.05, 0.1) is 0 Å². The van der Waals surface area contributed by atoms with E-state index >= 15 is 0 Å². The van der Waals surface area contributed by atoms with Crippen molar-refractivity contribution in [3.8, 4) is 11.8 Å². The van der Waals surface area contributed by atoms with Gasteiger partial charge in [-0.3, -0.25) is 0 Å². The number of allylic oxidation sites excluding steroid dienone is 1. The van der Waals surface area contributed by atoms with Crippen LogP contribution in [-0.4, -0.2) is 0 Å². The van der Waals surface area contributed by atoms with E-state index in [1.165, 1.54) is 48.7 Å². The third kappa shape index (κ3) is 3.13. The van der Waals surface area contributed by atoms with Gasteiger partial charge in [0.15, 0.2) is 0 Å². The minimum Gasteiger partial charge on any atom is -0.0695 e. The Kier molecular flexibility index (Phi) is 4.45. The van der Waals surface area contributed by atoms with Crippen LogP contribution >= 0.6 is 0 Å². The normalized spacial score (nSPS) is 11.4. The highest BCUT2D eigenvalue weighted by molar-refractivity contribution is 6.07. The lowest BCUT2D eigenvalue weighted by molar-refractivity contribution is 1.73. The molecule has 0 spiro atoms. The average molecular weight is 405 g/mol. The Labute approximate surface area is 187 Å². The van der Waals surface area contributed by atoms with Gasteiger partial charge in [-0.15, -0.1) is 0 Å². The molecule has 6 aromatic carbocycles. The summed E-state index contributed by atoms with van der Waals surface area (Å²) in [7, 11) is 0. The summed E-state index contributed by atoms with van der Waals surface area (Å²) >= 11 is 0. The summed E-state index contributed by atoms with van der Waals surface area (Å²) in [5, 5.41) is 9.84. The summed E-state index contributed by atoms with van der Waals surface area (Å²) in [6, 6.07) is 38.6. The molecule has 6 aromatic rings. The van der Waals surface area contributed by atoms with Crippen molar-refractivity contribution in [3.63, 3.8) is 0 Å². The molecule has 0 aliphatic rings. The van der Waals surface area contributed by atoms with Crippen LogP contribution in [0.25, 0.3) is 49.2 Å². The van der Waals surface area contributed by atoms with Gasteiger partial charge < -0.3 is 0 Å². The molecule has 0 heterocycles. The first kappa shape index (κ1) is 18.4. The van der Waals surface area contributed by atoms with Gasteiger partial charge in [-0.05, 0) is 72.9 Å². The van der Waals surface area contributed by atoms with Gasteiger partial charge in [-0.2, -0.15) is 0 Å². The lowest BCUT2D eigenvalue weighted by Gasteiger charge is -2.08. The van der Waals surface area contributed by atoms with Crippen LogP contribution in [0.15, 0.2) is 115 Å². The van der Waals surface area contributed by atoms with E-state index in [1.807, 2.05) is 6.08 Å². The van der Waals surface area contributed by atoms with Crippen molar-refractivity contribution < 1.29 is 0 Å². The fourth-order valence-corrected chi connectivity index (χ4v) is 4.62. The monoisotopic (exact) mass is 404 g/mol. The summed E-state index contributed by atoms with van der Waals surface area (Å²) < 4.78 is 0. The molecule has 0 bridgehead atoms. The maximum Gasteiger partial charge on any atom is 0.0405 e. The molecule has 0 N–H and O–H groups in total. The predicted octanol–water partition coefficient (Wildman–Crippen LogP) is 8.36. The van der Waals surface area contributed by atoms with Crippen molar-refractivity contribution >= 4 is 49.2 Å². The van der Waals surface area contributed by atoms with Gasteiger partial charge in [-0.25, -0.2) is 0 Å². The van der Waals surface area contributed by atoms with Crippen molar-refractivity contribution in [1.29, 1.82) is 0 Å². The number of rotatable bonds is 1. The highest BCUT2D eigenvalue weighted by atomic mass is 14.1. The molecular formula is C32H20. The van der Waals surface area contributed by atoms with Gasteiger partial charge in [0, 0.05) is 5.56 Å². The molecule has 0 atom stereocenters. The lowest BCUT2D eigenvalue weighted by atomic mass is 9.96. The van der Waals surface area contributed by atoms with E-state index in [0.29, 0.717) is 0 Å². The summed E-state index contributed by atoms with van der Waals surface area (Å²) in [6.45, 7) is 0. The summed E-state index contributed by atoms with van der Waals surface area (Å²) in [4.78, 5) is 0. The Morgan fingerprint density at radius 3 is 1.38 bits per heavy atom. The van der Waals surface area contributed by atoms with Crippen LogP contribution < -0.4 is 0 Å². The fraction of sp³-hybridized carbons (Fsp3) is 0. The van der Waals surface area contributed by atoms with Crippen LogP contribution in [-0.2, 0) is 0 Å². The van der Waals surface area contributed by atoms with Crippen LogP contribution in [0.2, 0.25) is 0 Å². The Balaban J connectivity index is 1.52. The number of fused-ring (bicyclic) bond motifs is 4. The largest absolute Gasteiger partial charge is 0.0695 e. The van der Waals surface area contributed by atoms with E-state index in [1.54, 1.807) is 0 Å². The molecule has 0 unspecified atom stereocenters. The molecule has 32 heavy (non-hydrogen) atoms. The van der Waals surface area contributed by atoms with E-state index in [-0.39, 0.29) is 0 Å². The maximum absolute atomic E-state index is 3.46. The van der Waals surface area contributed by atoms with E-state index in [2.05, 4.69) is 127 Å². The molecule has 0 saturated carbocycles. The van der Waals surface area contributed by atoms with E-state index < -0.39 is 0 Å². The third-order valence-corrected chi connectivity index (χ3v) is 6.11. The van der Waals surface area contributed by atoms with E-state index in [9.17, 15) is 0 Å². The number of hydrogen-bond acceptors (Lipinski definition) is 0. The standard InChI is InChI=1S/C32H20/c1-5-15-27-23(11-1)21-24-12-2-6-16-28(24)31(27)19-9-10-20-32-29-17-7-3-13-25(29)22-26-14-4-8-18-30(26)32/h1-9,11-19,21-22H/b19-9-. The average Bonchev–Trinajstić information content (AvgIpc) is 2.85. The predicted molar refractivity (Wildman–Crippen MR) is 139 cm³/mol. The quantitative estimate of drug-likeness (QED) is 0.191. The highest BCUT2D eigenvalue weighted by Gasteiger charge is 2.06. The zero-order valence-corrected chi connectivity index (χ0v) is 17.5. The van der Waals surface area contributed by atoms with Gasteiger partial charge in [0.25, 0.3) is 0 Å². The number of hydrogen-bond donors (Lipinski definition) is 0. The Hall–Kier alpha value is -4.34. The molecular weight excluding hydrogens is 384 g/mol. The Morgan fingerprint density at radius 1 is 0.469 bits per heavy atom. The Morgan fingerprint density at radius 2 is 0.875 bits per heavy atom. The van der Waals surface area contributed by atoms with Crippen LogP contribution in [0, 0.1) is 11.8 Å². The molecule has 0 nitrogen and oxygen atoms in total. The summed E-state index contributed by atoms with van der Waals surface area (Å²) in [6.07, 6.45) is 4.15. The first-order valence-electron chi connectivity index (χ1n) is 10.9. The minimum atomic E-state index is 1.09. The Bertz CT molecular complexity index is 1610. The highest BCUT2D eigenvalue weighted by Crippen LogP contribution is 2.30. The van der Waals surface area contributed by atoms with Gasteiger partial charge in [-0.1, -0.05) is 109 Å².